The van der Waals surface area contributed by atoms with Crippen LogP contribution in [0.1, 0.15) is 37.7 Å². The Labute approximate surface area is 121 Å². The quantitative estimate of drug-likeness (QED) is 0.916. The number of nitrogens with zero attached hydrogens (tertiary/aromatic N) is 1. The van der Waals surface area contributed by atoms with Crippen LogP contribution in [0.4, 0.5) is 0 Å². The van der Waals surface area contributed by atoms with Crippen LogP contribution < -0.4 is 5.32 Å². The smallest absolute Gasteiger partial charge is 0.230 e. The van der Waals surface area contributed by atoms with Crippen LogP contribution in [0, 0.1) is 5.92 Å². The van der Waals surface area contributed by atoms with E-state index in [1.165, 1.54) is 12.8 Å². The van der Waals surface area contributed by atoms with Crippen LogP contribution in [-0.4, -0.2) is 36.5 Å². The molecule has 20 heavy (non-hydrogen) atoms. The van der Waals surface area contributed by atoms with Crippen LogP contribution in [-0.2, 0) is 4.79 Å². The van der Waals surface area contributed by atoms with E-state index in [1.807, 2.05) is 18.2 Å². The zero-order valence-corrected chi connectivity index (χ0v) is 12.2. The first-order valence-electron chi connectivity index (χ1n) is 7.86. The molecule has 1 amide bonds. The zero-order valence-electron chi connectivity index (χ0n) is 12.2. The summed E-state index contributed by atoms with van der Waals surface area (Å²) in [6.45, 7) is 5.06. The fraction of sp³-hybridized carbons (Fsp3) is 0.588. The van der Waals surface area contributed by atoms with Gasteiger partial charge in [0.1, 0.15) is 0 Å². The lowest BCUT2D eigenvalue weighted by Gasteiger charge is -2.24. The first kappa shape index (κ1) is 13.6. The lowest BCUT2D eigenvalue weighted by molar-refractivity contribution is -0.132. The summed E-state index contributed by atoms with van der Waals surface area (Å²) in [5, 5.41) is 3.57. The molecule has 0 aliphatic carbocycles. The standard InChI is InChI=1S/C17H24N2O/c1-2-15(13-7-4-3-5-8-13)17(20)19-11-14-9-6-10-18-16(14)12-19/h3-5,7-8,14-16,18H,2,6,9-12H2,1H3/t14-,15?,16+/m0/s1. The molecule has 108 valence electrons. The summed E-state index contributed by atoms with van der Waals surface area (Å²) < 4.78 is 0. The van der Waals surface area contributed by atoms with Crippen molar-refractivity contribution in [3.8, 4) is 0 Å². The van der Waals surface area contributed by atoms with Crippen LogP contribution in [0.3, 0.4) is 0 Å². The van der Waals surface area contributed by atoms with E-state index in [9.17, 15) is 4.79 Å². The van der Waals surface area contributed by atoms with Crippen molar-refractivity contribution in [3.63, 3.8) is 0 Å². The second-order valence-electron chi connectivity index (χ2n) is 6.08. The number of hydrogen-bond acceptors (Lipinski definition) is 2. The second-order valence-corrected chi connectivity index (χ2v) is 6.08. The molecule has 3 heteroatoms. The molecule has 0 bridgehead atoms. The Morgan fingerprint density at radius 2 is 2.15 bits per heavy atom. The third-order valence-electron chi connectivity index (χ3n) is 4.82. The number of carbonyl (C=O) groups is 1. The molecule has 0 saturated carbocycles. The molecule has 0 radical (unpaired) electrons. The van der Waals surface area contributed by atoms with Gasteiger partial charge in [-0.2, -0.15) is 0 Å². The lowest BCUT2D eigenvalue weighted by Crippen LogP contribution is -2.41. The number of piperidine rings is 1. The van der Waals surface area contributed by atoms with Crippen LogP contribution in [0.2, 0.25) is 0 Å². The molecule has 0 spiro atoms. The first-order valence-corrected chi connectivity index (χ1v) is 7.86. The second kappa shape index (κ2) is 5.96. The minimum Gasteiger partial charge on any atom is -0.340 e. The predicted octanol–water partition coefficient (Wildman–Crippen LogP) is 2.39. The van der Waals surface area contributed by atoms with Gasteiger partial charge in [0.05, 0.1) is 5.92 Å². The van der Waals surface area contributed by atoms with Crippen molar-refractivity contribution >= 4 is 5.91 Å². The molecule has 2 saturated heterocycles. The van der Waals surface area contributed by atoms with Gasteiger partial charge in [-0.25, -0.2) is 0 Å². The molecular weight excluding hydrogens is 248 g/mol. The van der Waals surface area contributed by atoms with E-state index >= 15 is 0 Å². The molecule has 1 N–H and O–H groups in total. The molecule has 2 fully saturated rings. The van der Waals surface area contributed by atoms with Gasteiger partial charge in [-0.15, -0.1) is 0 Å². The van der Waals surface area contributed by atoms with Crippen molar-refractivity contribution in [2.24, 2.45) is 5.92 Å². The van der Waals surface area contributed by atoms with Gasteiger partial charge in [-0.1, -0.05) is 37.3 Å². The van der Waals surface area contributed by atoms with Gasteiger partial charge in [0.15, 0.2) is 0 Å². The average molecular weight is 272 g/mol. The van der Waals surface area contributed by atoms with Gasteiger partial charge in [0, 0.05) is 19.1 Å². The van der Waals surface area contributed by atoms with E-state index in [0.717, 1.165) is 31.6 Å². The van der Waals surface area contributed by atoms with Gasteiger partial charge < -0.3 is 10.2 Å². The Hall–Kier alpha value is -1.35. The molecule has 2 aliphatic rings. The summed E-state index contributed by atoms with van der Waals surface area (Å²) in [5.41, 5.74) is 1.16. The molecule has 3 nitrogen and oxygen atoms in total. The zero-order chi connectivity index (χ0) is 13.9. The number of fused-ring (bicyclic) bond motifs is 1. The first-order chi connectivity index (χ1) is 9.79. The molecule has 3 rings (SSSR count). The van der Waals surface area contributed by atoms with Crippen molar-refractivity contribution in [3.05, 3.63) is 35.9 Å². The Bertz CT molecular complexity index is 445. The van der Waals surface area contributed by atoms with E-state index < -0.39 is 0 Å². The highest BCUT2D eigenvalue weighted by atomic mass is 16.2. The normalized spacial score (nSPS) is 27.1. The molecule has 2 heterocycles. The topological polar surface area (TPSA) is 32.3 Å². The van der Waals surface area contributed by atoms with Gasteiger partial charge >= 0.3 is 0 Å². The largest absolute Gasteiger partial charge is 0.340 e. The summed E-state index contributed by atoms with van der Waals surface area (Å²) >= 11 is 0. The summed E-state index contributed by atoms with van der Waals surface area (Å²) in [6, 6.07) is 10.7. The molecule has 1 unspecified atom stereocenters. The number of benzene rings is 1. The maximum absolute atomic E-state index is 12.8. The van der Waals surface area contributed by atoms with Gasteiger partial charge in [0.25, 0.3) is 0 Å². The van der Waals surface area contributed by atoms with E-state index in [-0.39, 0.29) is 5.92 Å². The highest BCUT2D eigenvalue weighted by Gasteiger charge is 2.38. The Kier molecular flexibility index (Phi) is 4.06. The van der Waals surface area contributed by atoms with E-state index in [2.05, 4.69) is 29.3 Å². The summed E-state index contributed by atoms with van der Waals surface area (Å²) in [4.78, 5) is 14.9. The summed E-state index contributed by atoms with van der Waals surface area (Å²) in [6.07, 6.45) is 3.39. The molecule has 1 aromatic carbocycles. The number of carbonyl (C=O) groups excluding carboxylic acids is 1. The van der Waals surface area contributed by atoms with Crippen molar-refractivity contribution in [2.45, 2.75) is 38.1 Å². The monoisotopic (exact) mass is 272 g/mol. The van der Waals surface area contributed by atoms with Crippen LogP contribution in [0.15, 0.2) is 30.3 Å². The average Bonchev–Trinajstić information content (AvgIpc) is 2.93. The van der Waals surface area contributed by atoms with Crippen LogP contribution in [0.5, 0.6) is 0 Å². The highest BCUT2D eigenvalue weighted by molar-refractivity contribution is 5.84. The number of likely N-dealkylation sites (tertiary alicyclic amines) is 1. The fourth-order valence-corrected chi connectivity index (χ4v) is 3.69. The van der Waals surface area contributed by atoms with Crippen molar-refractivity contribution in [2.75, 3.05) is 19.6 Å². The van der Waals surface area contributed by atoms with E-state index in [4.69, 9.17) is 0 Å². The van der Waals surface area contributed by atoms with E-state index in [1.54, 1.807) is 0 Å². The fourth-order valence-electron chi connectivity index (χ4n) is 3.69. The highest BCUT2D eigenvalue weighted by Crippen LogP contribution is 2.29. The minimum absolute atomic E-state index is 0.0244. The summed E-state index contributed by atoms with van der Waals surface area (Å²) in [5.74, 6) is 1.01. The number of amides is 1. The maximum atomic E-state index is 12.8. The molecular formula is C17H24N2O. The molecule has 1 aromatic rings. The van der Waals surface area contributed by atoms with Gasteiger partial charge in [-0.3, -0.25) is 4.79 Å². The van der Waals surface area contributed by atoms with Crippen molar-refractivity contribution in [1.29, 1.82) is 0 Å². The number of rotatable bonds is 3. The third kappa shape index (κ3) is 2.59. The molecule has 3 atom stereocenters. The van der Waals surface area contributed by atoms with Crippen molar-refractivity contribution in [1.82, 2.24) is 10.2 Å². The molecule has 0 aromatic heterocycles. The Balaban J connectivity index is 1.71. The summed E-state index contributed by atoms with van der Waals surface area (Å²) in [7, 11) is 0. The minimum atomic E-state index is 0.0244. The maximum Gasteiger partial charge on any atom is 0.230 e. The van der Waals surface area contributed by atoms with Crippen molar-refractivity contribution < 1.29 is 4.79 Å². The van der Waals surface area contributed by atoms with Crippen LogP contribution >= 0.6 is 0 Å². The Morgan fingerprint density at radius 1 is 1.35 bits per heavy atom. The Morgan fingerprint density at radius 3 is 2.85 bits per heavy atom. The van der Waals surface area contributed by atoms with Gasteiger partial charge in [-0.05, 0) is 37.3 Å². The lowest BCUT2D eigenvalue weighted by atomic mass is 9.94. The van der Waals surface area contributed by atoms with Crippen LogP contribution in [0.25, 0.3) is 0 Å². The molecule has 2 aliphatic heterocycles. The SMILES string of the molecule is CCC(C(=O)N1C[C@@H]2CCCN[C@@H]2C1)c1ccccc1. The van der Waals surface area contributed by atoms with E-state index in [0.29, 0.717) is 17.9 Å². The third-order valence-corrected chi connectivity index (χ3v) is 4.82. The number of nitrogens with one attached hydrogen (secondary N) is 1. The van der Waals surface area contributed by atoms with Gasteiger partial charge in [0.2, 0.25) is 5.91 Å². The predicted molar refractivity (Wildman–Crippen MR) is 80.6 cm³/mol. The number of hydrogen-bond donors (Lipinski definition) is 1.